The summed E-state index contributed by atoms with van der Waals surface area (Å²) in [5, 5.41) is 8.77. The Labute approximate surface area is 181 Å². The summed E-state index contributed by atoms with van der Waals surface area (Å²) in [7, 11) is 0. The Hall–Kier alpha value is -3.12. The number of amidine groups is 1. The summed E-state index contributed by atoms with van der Waals surface area (Å²) in [6, 6.07) is 22.6. The minimum atomic E-state index is -0.203. The maximum absolute atomic E-state index is 12.6. The molecule has 30 heavy (non-hydrogen) atoms. The van der Waals surface area contributed by atoms with Gasteiger partial charge in [0.25, 0.3) is 0 Å². The molecule has 1 unspecified atom stereocenters. The quantitative estimate of drug-likeness (QED) is 0.506. The number of hydrogen-bond donors (Lipinski definition) is 0. The van der Waals surface area contributed by atoms with Gasteiger partial charge in [-0.1, -0.05) is 24.3 Å². The van der Waals surface area contributed by atoms with Crippen LogP contribution in [0.3, 0.4) is 0 Å². The SMILES string of the molecule is CCN(CC)c1ccc(N2C(C(C)=O)=NN(c3ccccc3)C2c2cccs2)cc1. The van der Waals surface area contributed by atoms with Gasteiger partial charge in [0.2, 0.25) is 0 Å². The van der Waals surface area contributed by atoms with Crippen molar-refractivity contribution in [2.75, 3.05) is 27.9 Å². The fourth-order valence-electron chi connectivity index (χ4n) is 3.81. The predicted molar refractivity (Wildman–Crippen MR) is 127 cm³/mol. The first-order valence-electron chi connectivity index (χ1n) is 10.3. The van der Waals surface area contributed by atoms with E-state index in [-0.39, 0.29) is 11.9 Å². The van der Waals surface area contributed by atoms with Gasteiger partial charge in [0.1, 0.15) is 0 Å². The summed E-state index contributed by atoms with van der Waals surface area (Å²) in [5.74, 6) is 0.399. The molecule has 0 N–H and O–H groups in total. The highest BCUT2D eigenvalue weighted by Gasteiger charge is 2.39. The van der Waals surface area contributed by atoms with E-state index in [2.05, 4.69) is 54.5 Å². The van der Waals surface area contributed by atoms with E-state index < -0.39 is 0 Å². The number of hydrazone groups is 1. The molecule has 0 aliphatic carbocycles. The number of rotatable bonds is 7. The van der Waals surface area contributed by atoms with E-state index >= 15 is 0 Å². The average molecular weight is 419 g/mol. The van der Waals surface area contributed by atoms with Gasteiger partial charge in [-0.2, -0.15) is 0 Å². The number of carbonyl (C=O) groups excluding carboxylic acids is 1. The molecule has 0 spiro atoms. The molecule has 0 saturated carbocycles. The van der Waals surface area contributed by atoms with Gasteiger partial charge in [-0.05, 0) is 61.7 Å². The summed E-state index contributed by atoms with van der Waals surface area (Å²) >= 11 is 1.67. The molecule has 5 nitrogen and oxygen atoms in total. The van der Waals surface area contributed by atoms with Crippen molar-refractivity contribution in [1.82, 2.24) is 0 Å². The van der Waals surface area contributed by atoms with Gasteiger partial charge in [-0.3, -0.25) is 9.69 Å². The lowest BCUT2D eigenvalue weighted by Crippen LogP contribution is -2.37. The van der Waals surface area contributed by atoms with Crippen molar-refractivity contribution in [3.8, 4) is 0 Å². The molecule has 0 bridgehead atoms. The van der Waals surface area contributed by atoms with Gasteiger partial charge in [0.05, 0.1) is 5.69 Å². The van der Waals surface area contributed by atoms with Crippen LogP contribution in [-0.2, 0) is 4.79 Å². The molecule has 0 radical (unpaired) electrons. The molecule has 0 amide bonds. The second-order valence-corrected chi connectivity index (χ2v) is 8.09. The van der Waals surface area contributed by atoms with Crippen LogP contribution in [0.25, 0.3) is 0 Å². The fourth-order valence-corrected chi connectivity index (χ4v) is 4.61. The lowest BCUT2D eigenvalue weighted by atomic mass is 10.2. The normalized spacial score (nSPS) is 16.0. The molecule has 0 fully saturated rings. The zero-order chi connectivity index (χ0) is 21.1. The summed E-state index contributed by atoms with van der Waals surface area (Å²) in [4.78, 5) is 18.1. The number of Topliss-reactive ketones (excluding diaryl/α,β-unsaturated/α-hetero) is 1. The Morgan fingerprint density at radius 1 is 0.967 bits per heavy atom. The van der Waals surface area contributed by atoms with Gasteiger partial charge in [-0.25, -0.2) is 5.01 Å². The standard InChI is InChI=1S/C24H26N4OS/c1-4-26(5-2)19-13-15-20(16-14-19)27-23(18(3)29)25-28(21-10-7-6-8-11-21)24(27)22-12-9-17-30-22/h6-17,24H,4-5H2,1-3H3. The van der Waals surface area contributed by atoms with Gasteiger partial charge >= 0.3 is 0 Å². The highest BCUT2D eigenvalue weighted by Crippen LogP contribution is 2.40. The van der Waals surface area contributed by atoms with E-state index in [1.165, 1.54) is 5.69 Å². The van der Waals surface area contributed by atoms with Crippen molar-refractivity contribution in [2.24, 2.45) is 5.10 Å². The number of benzene rings is 2. The molecule has 1 aliphatic heterocycles. The molecule has 2 heterocycles. The number of hydrogen-bond acceptors (Lipinski definition) is 6. The van der Waals surface area contributed by atoms with Crippen molar-refractivity contribution in [1.29, 1.82) is 0 Å². The third-order valence-corrected chi connectivity index (χ3v) is 6.21. The van der Waals surface area contributed by atoms with Crippen molar-refractivity contribution in [3.05, 3.63) is 77.0 Å². The zero-order valence-corrected chi connectivity index (χ0v) is 18.3. The van der Waals surface area contributed by atoms with Gasteiger partial charge in [0, 0.05) is 36.3 Å². The number of para-hydroxylation sites is 1. The number of nitrogens with zero attached hydrogens (tertiary/aromatic N) is 4. The first-order chi connectivity index (χ1) is 14.6. The molecular formula is C24H26N4OS. The minimum Gasteiger partial charge on any atom is -0.372 e. The van der Waals surface area contributed by atoms with Crippen molar-refractivity contribution >= 4 is 40.0 Å². The molecule has 1 atom stereocenters. The topological polar surface area (TPSA) is 39.1 Å². The number of ketones is 1. The van der Waals surface area contributed by atoms with Crippen LogP contribution in [0.2, 0.25) is 0 Å². The molecule has 2 aromatic carbocycles. The Morgan fingerprint density at radius 3 is 2.23 bits per heavy atom. The summed E-state index contributed by atoms with van der Waals surface area (Å²) in [6.07, 6.45) is -0.203. The second-order valence-electron chi connectivity index (χ2n) is 7.11. The van der Waals surface area contributed by atoms with Gasteiger partial charge < -0.3 is 4.90 Å². The highest BCUT2D eigenvalue weighted by molar-refractivity contribution is 7.10. The monoisotopic (exact) mass is 418 g/mol. The van der Waals surface area contributed by atoms with E-state index in [9.17, 15) is 4.79 Å². The largest absolute Gasteiger partial charge is 0.372 e. The van der Waals surface area contributed by atoms with Crippen LogP contribution in [0.1, 0.15) is 31.8 Å². The first kappa shape index (κ1) is 20.2. The molecule has 1 aromatic heterocycles. The van der Waals surface area contributed by atoms with Crippen molar-refractivity contribution < 1.29 is 4.79 Å². The smallest absolute Gasteiger partial charge is 0.198 e. The third kappa shape index (κ3) is 3.71. The zero-order valence-electron chi connectivity index (χ0n) is 17.5. The second kappa shape index (κ2) is 8.71. The van der Waals surface area contributed by atoms with Crippen LogP contribution in [0.15, 0.2) is 77.2 Å². The number of carbonyl (C=O) groups is 1. The fraction of sp³-hybridized carbons (Fsp3) is 0.250. The molecule has 1 aliphatic rings. The maximum atomic E-state index is 12.6. The van der Waals surface area contributed by atoms with Gasteiger partial charge in [-0.15, -0.1) is 16.4 Å². The molecule has 0 saturated heterocycles. The van der Waals surface area contributed by atoms with E-state index in [0.29, 0.717) is 5.84 Å². The molecule has 3 aromatic rings. The summed E-state index contributed by atoms with van der Waals surface area (Å²) in [5.41, 5.74) is 3.09. The Kier molecular flexibility index (Phi) is 5.86. The predicted octanol–water partition coefficient (Wildman–Crippen LogP) is 5.52. The molecule has 6 heteroatoms. The summed E-state index contributed by atoms with van der Waals surface area (Å²) in [6.45, 7) is 7.81. The third-order valence-electron chi connectivity index (χ3n) is 5.30. The molecular weight excluding hydrogens is 392 g/mol. The van der Waals surface area contributed by atoms with Crippen LogP contribution in [0.4, 0.5) is 17.1 Å². The molecule has 154 valence electrons. The number of anilines is 3. The Bertz CT molecular complexity index is 1010. The van der Waals surface area contributed by atoms with Crippen molar-refractivity contribution in [3.63, 3.8) is 0 Å². The van der Waals surface area contributed by atoms with E-state index in [0.717, 1.165) is 29.3 Å². The highest BCUT2D eigenvalue weighted by atomic mass is 32.1. The van der Waals surface area contributed by atoms with Gasteiger partial charge in [0.15, 0.2) is 17.8 Å². The first-order valence-corrected chi connectivity index (χ1v) is 11.1. The van der Waals surface area contributed by atoms with E-state index in [4.69, 9.17) is 5.10 Å². The lowest BCUT2D eigenvalue weighted by molar-refractivity contribution is -0.111. The van der Waals surface area contributed by atoms with Crippen LogP contribution < -0.4 is 14.8 Å². The van der Waals surface area contributed by atoms with Crippen LogP contribution in [0.5, 0.6) is 0 Å². The maximum Gasteiger partial charge on any atom is 0.198 e. The van der Waals surface area contributed by atoms with Crippen LogP contribution in [-0.4, -0.2) is 24.7 Å². The minimum absolute atomic E-state index is 0.0530. The lowest BCUT2D eigenvalue weighted by Gasteiger charge is -2.31. The van der Waals surface area contributed by atoms with E-state index in [1.54, 1.807) is 18.3 Å². The van der Waals surface area contributed by atoms with E-state index in [1.807, 2.05) is 46.3 Å². The van der Waals surface area contributed by atoms with Crippen LogP contribution in [0, 0.1) is 0 Å². The average Bonchev–Trinajstić information content (AvgIpc) is 3.43. The molecule has 4 rings (SSSR count). The Morgan fingerprint density at radius 2 is 1.67 bits per heavy atom. The Balaban J connectivity index is 1.79. The number of thiophene rings is 1. The summed E-state index contributed by atoms with van der Waals surface area (Å²) < 4.78 is 0. The van der Waals surface area contributed by atoms with Crippen LogP contribution >= 0.6 is 11.3 Å². The van der Waals surface area contributed by atoms with Crippen molar-refractivity contribution in [2.45, 2.75) is 26.9 Å².